The lowest BCUT2D eigenvalue weighted by Gasteiger charge is -2.20. The molecule has 2 N–H and O–H groups in total. The van der Waals surface area contributed by atoms with Gasteiger partial charge in [0.1, 0.15) is 24.2 Å². The second-order valence-corrected chi connectivity index (χ2v) is 9.02. The number of halogens is 7. The van der Waals surface area contributed by atoms with Gasteiger partial charge < -0.3 is 9.88 Å². The Labute approximate surface area is 220 Å². The number of hydrogen-bond donors (Lipinski definition) is 2. The molecule has 0 saturated heterocycles. The molecule has 0 aliphatic heterocycles. The summed E-state index contributed by atoms with van der Waals surface area (Å²) in [6, 6.07) is 2.76. The van der Waals surface area contributed by atoms with Crippen LogP contribution in [0.2, 0.25) is 0 Å². The first-order valence-electron chi connectivity index (χ1n) is 11.8. The molecule has 1 aromatic carbocycles. The first-order chi connectivity index (χ1) is 18.9. The standard InChI is InChI=1S/C25H21F7N6O2/c1-12(36-20-10-35-37-23(39)21(20)25(30,31)32)4-15(27)11-38-3-2-13-5-17(18(28)6-16(13)24(38)40)22-33-8-14(9-34-22)19(29)7-26/h2-3,5-6,8-10,12,15,19H,4,7,11H2,1H3,(H2,36,37,39)/t12-,15-,19-/m1/s1. The van der Waals surface area contributed by atoms with E-state index < -0.39 is 66.0 Å². The van der Waals surface area contributed by atoms with Gasteiger partial charge in [0.2, 0.25) is 0 Å². The minimum absolute atomic E-state index is 0.0793. The van der Waals surface area contributed by atoms with E-state index in [-0.39, 0.29) is 34.1 Å². The van der Waals surface area contributed by atoms with Crippen LogP contribution in [0.15, 0.2) is 52.6 Å². The van der Waals surface area contributed by atoms with E-state index >= 15 is 0 Å². The van der Waals surface area contributed by atoms with Crippen LogP contribution in [0, 0.1) is 5.82 Å². The summed E-state index contributed by atoms with van der Waals surface area (Å²) < 4.78 is 96.4. The van der Waals surface area contributed by atoms with Gasteiger partial charge in [-0.15, -0.1) is 0 Å². The number of pyridine rings is 1. The van der Waals surface area contributed by atoms with Crippen molar-refractivity contribution in [3.8, 4) is 11.4 Å². The molecule has 0 fully saturated rings. The molecule has 3 atom stereocenters. The molecule has 3 heterocycles. The zero-order valence-electron chi connectivity index (χ0n) is 20.6. The zero-order valence-corrected chi connectivity index (χ0v) is 20.6. The van der Waals surface area contributed by atoms with Gasteiger partial charge in [-0.25, -0.2) is 32.6 Å². The molecule has 4 aromatic rings. The summed E-state index contributed by atoms with van der Waals surface area (Å²) in [5.41, 5.74) is -4.49. The molecule has 0 spiro atoms. The molecular formula is C25H21F7N6O2. The third kappa shape index (κ3) is 6.13. The lowest BCUT2D eigenvalue weighted by atomic mass is 10.1. The van der Waals surface area contributed by atoms with Gasteiger partial charge in [-0.2, -0.15) is 18.3 Å². The summed E-state index contributed by atoms with van der Waals surface area (Å²) in [7, 11) is 0. The third-order valence-corrected chi connectivity index (χ3v) is 6.02. The molecule has 3 aromatic heterocycles. The molecule has 0 radical (unpaired) electrons. The van der Waals surface area contributed by atoms with Gasteiger partial charge in [-0.1, -0.05) is 0 Å². The van der Waals surface area contributed by atoms with Gasteiger partial charge in [0.05, 0.1) is 29.4 Å². The second kappa shape index (κ2) is 11.4. The normalized spacial score (nSPS) is 14.2. The molecule has 4 rings (SSSR count). The SMILES string of the molecule is C[C@H](C[C@@H](F)Cn1ccc2cc(-c3ncc([C@H](F)CF)cn3)c(F)cc2c1=O)Nc1cn[nH]c(=O)c1C(F)(F)F. The molecule has 40 heavy (non-hydrogen) atoms. The van der Waals surface area contributed by atoms with E-state index in [1.165, 1.54) is 25.3 Å². The molecule has 0 amide bonds. The van der Waals surface area contributed by atoms with Crippen molar-refractivity contribution in [2.45, 2.75) is 44.5 Å². The van der Waals surface area contributed by atoms with Crippen LogP contribution in [0.4, 0.5) is 36.4 Å². The molecular weight excluding hydrogens is 549 g/mol. The highest BCUT2D eigenvalue weighted by Crippen LogP contribution is 2.32. The Balaban J connectivity index is 1.51. The Bertz CT molecular complexity index is 1620. The van der Waals surface area contributed by atoms with Gasteiger partial charge in [-0.3, -0.25) is 9.59 Å². The summed E-state index contributed by atoms with van der Waals surface area (Å²) >= 11 is 0. The Morgan fingerprint density at radius 3 is 2.45 bits per heavy atom. The Kier molecular flexibility index (Phi) is 8.21. The van der Waals surface area contributed by atoms with Gasteiger partial charge in [0, 0.05) is 36.6 Å². The van der Waals surface area contributed by atoms with Crippen molar-refractivity contribution < 1.29 is 30.7 Å². The number of hydrogen-bond acceptors (Lipinski definition) is 6. The van der Waals surface area contributed by atoms with Gasteiger partial charge >= 0.3 is 6.18 Å². The number of benzene rings is 1. The van der Waals surface area contributed by atoms with Crippen molar-refractivity contribution in [2.75, 3.05) is 12.0 Å². The second-order valence-electron chi connectivity index (χ2n) is 9.02. The van der Waals surface area contributed by atoms with E-state index in [1.54, 1.807) is 5.10 Å². The van der Waals surface area contributed by atoms with E-state index in [0.29, 0.717) is 0 Å². The summed E-state index contributed by atoms with van der Waals surface area (Å²) in [5.74, 6) is -0.994. The number of nitrogens with zero attached hydrogens (tertiary/aromatic N) is 4. The first kappa shape index (κ1) is 28.7. The van der Waals surface area contributed by atoms with E-state index in [4.69, 9.17) is 0 Å². The highest BCUT2D eigenvalue weighted by molar-refractivity contribution is 5.86. The minimum Gasteiger partial charge on any atom is -0.381 e. The Morgan fingerprint density at radius 1 is 1.10 bits per heavy atom. The predicted molar refractivity (Wildman–Crippen MR) is 131 cm³/mol. The van der Waals surface area contributed by atoms with Gasteiger partial charge in [0.25, 0.3) is 11.1 Å². The van der Waals surface area contributed by atoms with Crippen molar-refractivity contribution in [1.82, 2.24) is 24.7 Å². The maximum absolute atomic E-state index is 14.9. The number of aromatic nitrogens is 5. The lowest BCUT2D eigenvalue weighted by Crippen LogP contribution is -2.30. The number of rotatable bonds is 9. The van der Waals surface area contributed by atoms with Crippen LogP contribution in [-0.4, -0.2) is 43.6 Å². The van der Waals surface area contributed by atoms with Gasteiger partial charge in [0.15, 0.2) is 12.0 Å². The maximum Gasteiger partial charge on any atom is 0.423 e. The molecule has 212 valence electrons. The summed E-state index contributed by atoms with van der Waals surface area (Å²) in [6.07, 6.45) is -4.82. The first-order valence-corrected chi connectivity index (χ1v) is 11.8. The van der Waals surface area contributed by atoms with E-state index in [2.05, 4.69) is 20.4 Å². The van der Waals surface area contributed by atoms with Crippen LogP contribution in [0.1, 0.15) is 30.6 Å². The van der Waals surface area contributed by atoms with Crippen molar-refractivity contribution in [2.24, 2.45) is 0 Å². The summed E-state index contributed by atoms with van der Waals surface area (Å²) in [4.78, 5) is 32.2. The molecule has 0 saturated carbocycles. The van der Waals surface area contributed by atoms with E-state index in [9.17, 15) is 40.3 Å². The fourth-order valence-electron chi connectivity index (χ4n) is 4.13. The van der Waals surface area contributed by atoms with Crippen molar-refractivity contribution in [1.29, 1.82) is 0 Å². The van der Waals surface area contributed by atoms with E-state index in [1.807, 2.05) is 0 Å². The van der Waals surface area contributed by atoms with Crippen LogP contribution >= 0.6 is 0 Å². The third-order valence-electron chi connectivity index (χ3n) is 6.02. The van der Waals surface area contributed by atoms with Crippen LogP contribution < -0.4 is 16.4 Å². The maximum atomic E-state index is 14.9. The Morgan fingerprint density at radius 2 is 1.80 bits per heavy atom. The smallest absolute Gasteiger partial charge is 0.381 e. The average molecular weight is 570 g/mol. The molecule has 0 aliphatic rings. The van der Waals surface area contributed by atoms with Crippen LogP contribution in [-0.2, 0) is 12.7 Å². The number of anilines is 1. The molecule has 0 bridgehead atoms. The number of fused-ring (bicyclic) bond motifs is 1. The largest absolute Gasteiger partial charge is 0.423 e. The molecule has 8 nitrogen and oxygen atoms in total. The predicted octanol–water partition coefficient (Wildman–Crippen LogP) is 4.91. The monoisotopic (exact) mass is 570 g/mol. The molecule has 15 heteroatoms. The number of aromatic amines is 1. The molecule has 0 unspecified atom stereocenters. The summed E-state index contributed by atoms with van der Waals surface area (Å²) in [5, 5.41) is 7.67. The highest BCUT2D eigenvalue weighted by Gasteiger charge is 2.37. The number of nitrogens with one attached hydrogen (secondary N) is 2. The quantitative estimate of drug-likeness (QED) is 0.277. The number of alkyl halides is 6. The topological polar surface area (TPSA) is 106 Å². The molecule has 0 aliphatic carbocycles. The average Bonchev–Trinajstić information content (AvgIpc) is 2.89. The van der Waals surface area contributed by atoms with Crippen LogP contribution in [0.5, 0.6) is 0 Å². The van der Waals surface area contributed by atoms with Crippen LogP contribution in [0.3, 0.4) is 0 Å². The van der Waals surface area contributed by atoms with Gasteiger partial charge in [-0.05, 0) is 30.5 Å². The van der Waals surface area contributed by atoms with Crippen LogP contribution in [0.25, 0.3) is 22.2 Å². The highest BCUT2D eigenvalue weighted by atomic mass is 19.4. The fourth-order valence-corrected chi connectivity index (χ4v) is 4.13. The van der Waals surface area contributed by atoms with Crippen molar-refractivity contribution >= 4 is 16.5 Å². The number of H-pyrrole nitrogens is 1. The summed E-state index contributed by atoms with van der Waals surface area (Å²) in [6.45, 7) is -0.347. The van der Waals surface area contributed by atoms with Crippen molar-refractivity contribution in [3.05, 3.63) is 80.6 Å². The lowest BCUT2D eigenvalue weighted by molar-refractivity contribution is -0.138. The fraction of sp³-hybridized carbons (Fsp3) is 0.320. The van der Waals surface area contributed by atoms with E-state index in [0.717, 1.165) is 29.2 Å². The Hall–Kier alpha value is -4.30. The minimum atomic E-state index is -4.97. The zero-order chi connectivity index (χ0) is 29.2. The van der Waals surface area contributed by atoms with Crippen molar-refractivity contribution in [3.63, 3.8) is 0 Å².